The van der Waals surface area contributed by atoms with Crippen LogP contribution in [-0.2, 0) is 4.79 Å². The van der Waals surface area contributed by atoms with Crippen molar-refractivity contribution in [2.24, 2.45) is 0 Å². The molecule has 0 saturated carbocycles. The number of benzene rings is 2. The Morgan fingerprint density at radius 1 is 1.16 bits per heavy atom. The van der Waals surface area contributed by atoms with Crippen LogP contribution in [0.3, 0.4) is 0 Å². The maximum atomic E-state index is 11.9. The molecule has 2 aromatic rings. The van der Waals surface area contributed by atoms with Crippen LogP contribution >= 0.6 is 15.9 Å². The first-order valence-corrected chi connectivity index (χ1v) is 8.24. The van der Waals surface area contributed by atoms with E-state index in [1.807, 2.05) is 26.0 Å². The summed E-state index contributed by atoms with van der Waals surface area (Å²) >= 11 is 3.24. The summed E-state index contributed by atoms with van der Waals surface area (Å²) in [6.45, 7) is 3.43. The molecule has 7 heteroatoms. The van der Waals surface area contributed by atoms with Crippen LogP contribution in [0.1, 0.15) is 21.5 Å². The van der Waals surface area contributed by atoms with E-state index in [9.17, 15) is 14.4 Å². The van der Waals surface area contributed by atoms with Crippen molar-refractivity contribution in [2.75, 3.05) is 11.9 Å². The number of amides is 3. The van der Waals surface area contributed by atoms with Gasteiger partial charge in [0, 0.05) is 10.2 Å². The van der Waals surface area contributed by atoms with Crippen molar-refractivity contribution >= 4 is 39.8 Å². The van der Waals surface area contributed by atoms with Crippen molar-refractivity contribution < 1.29 is 19.1 Å². The summed E-state index contributed by atoms with van der Waals surface area (Å²) in [7, 11) is 0. The number of hydrogen-bond acceptors (Lipinski definition) is 4. The topological polar surface area (TPSA) is 84.5 Å². The third-order valence-corrected chi connectivity index (χ3v) is 3.83. The van der Waals surface area contributed by atoms with E-state index < -0.39 is 11.9 Å². The Hall–Kier alpha value is -2.67. The maximum absolute atomic E-state index is 11.9. The van der Waals surface area contributed by atoms with Gasteiger partial charge >= 0.3 is 6.03 Å². The Morgan fingerprint density at radius 3 is 2.60 bits per heavy atom. The summed E-state index contributed by atoms with van der Waals surface area (Å²) in [4.78, 5) is 34.7. The number of aryl methyl sites for hydroxylation is 2. The predicted octanol–water partition coefficient (Wildman–Crippen LogP) is 3.61. The Labute approximate surface area is 153 Å². The molecular weight excluding hydrogens is 388 g/mol. The minimum atomic E-state index is -0.646. The van der Waals surface area contributed by atoms with Gasteiger partial charge < -0.3 is 10.1 Å². The first-order chi connectivity index (χ1) is 11.9. The lowest BCUT2D eigenvalue weighted by Crippen LogP contribution is -2.37. The van der Waals surface area contributed by atoms with Gasteiger partial charge in [0.25, 0.3) is 5.91 Å². The number of carbonyl (C=O) groups excluding carboxylic acids is 3. The minimum absolute atomic E-state index is 0.267. The fourth-order valence-corrected chi connectivity index (χ4v) is 2.54. The van der Waals surface area contributed by atoms with Crippen molar-refractivity contribution in [1.82, 2.24) is 5.32 Å². The third kappa shape index (κ3) is 5.42. The molecule has 25 heavy (non-hydrogen) atoms. The summed E-state index contributed by atoms with van der Waals surface area (Å²) in [5.41, 5.74) is 2.90. The van der Waals surface area contributed by atoms with E-state index in [-0.39, 0.29) is 12.4 Å². The molecule has 0 atom stereocenters. The number of hydrogen-bond donors (Lipinski definition) is 2. The van der Waals surface area contributed by atoms with E-state index in [1.165, 1.54) is 0 Å². The zero-order valence-electron chi connectivity index (χ0n) is 13.8. The van der Waals surface area contributed by atoms with Gasteiger partial charge in [-0.05, 0) is 43.7 Å². The molecule has 0 aliphatic carbocycles. The van der Waals surface area contributed by atoms with Crippen molar-refractivity contribution in [1.29, 1.82) is 0 Å². The van der Waals surface area contributed by atoms with Crippen LogP contribution in [0, 0.1) is 13.8 Å². The number of aldehydes is 1. The second-order valence-corrected chi connectivity index (χ2v) is 6.33. The predicted molar refractivity (Wildman–Crippen MR) is 98.1 cm³/mol. The average Bonchev–Trinajstić information content (AvgIpc) is 2.56. The Morgan fingerprint density at radius 2 is 1.92 bits per heavy atom. The highest BCUT2D eigenvalue weighted by Gasteiger charge is 2.11. The molecule has 0 aliphatic heterocycles. The lowest BCUT2D eigenvalue weighted by Gasteiger charge is -2.11. The fraction of sp³-hybridized carbons (Fsp3) is 0.167. The van der Waals surface area contributed by atoms with Crippen LogP contribution in [0.2, 0.25) is 0 Å². The van der Waals surface area contributed by atoms with Gasteiger partial charge in [0.05, 0.1) is 5.56 Å². The number of nitrogens with one attached hydrogen (secondary N) is 2. The molecule has 0 aromatic heterocycles. The molecule has 0 saturated heterocycles. The van der Waals surface area contributed by atoms with Gasteiger partial charge in [-0.25, -0.2) is 4.79 Å². The van der Waals surface area contributed by atoms with Crippen LogP contribution in [0.5, 0.6) is 5.75 Å². The standard InChI is InChI=1S/C18H17BrN2O4/c1-11-3-5-15(12(2)7-11)20-18(24)21-17(23)10-25-16-6-4-14(19)8-13(16)9-22/h3-9H,10H2,1-2H3,(H2,20,21,23,24). The van der Waals surface area contributed by atoms with Gasteiger partial charge in [0.2, 0.25) is 0 Å². The molecule has 0 fully saturated rings. The van der Waals surface area contributed by atoms with Crippen LogP contribution in [0.4, 0.5) is 10.5 Å². The molecule has 130 valence electrons. The smallest absolute Gasteiger partial charge is 0.325 e. The number of ether oxygens (including phenoxy) is 1. The van der Waals surface area contributed by atoms with Gasteiger partial charge in [0.1, 0.15) is 5.75 Å². The molecule has 2 N–H and O–H groups in total. The van der Waals surface area contributed by atoms with Crippen molar-refractivity contribution in [3.63, 3.8) is 0 Å². The Kier molecular flexibility index (Phi) is 6.30. The normalized spacial score (nSPS) is 10.0. The highest BCUT2D eigenvalue weighted by Crippen LogP contribution is 2.21. The number of rotatable bonds is 5. The number of anilines is 1. The van der Waals surface area contributed by atoms with E-state index in [4.69, 9.17) is 4.74 Å². The molecule has 0 unspecified atom stereocenters. The van der Waals surface area contributed by atoms with E-state index in [0.717, 1.165) is 15.6 Å². The molecule has 6 nitrogen and oxygen atoms in total. The first kappa shape index (κ1) is 18.7. The molecule has 2 aromatic carbocycles. The van der Waals surface area contributed by atoms with E-state index in [2.05, 4.69) is 26.6 Å². The fourth-order valence-electron chi connectivity index (χ4n) is 2.16. The van der Waals surface area contributed by atoms with Crippen LogP contribution in [-0.4, -0.2) is 24.8 Å². The van der Waals surface area contributed by atoms with Gasteiger partial charge in [-0.3, -0.25) is 14.9 Å². The van der Waals surface area contributed by atoms with Crippen molar-refractivity contribution in [3.05, 3.63) is 57.6 Å². The molecule has 0 heterocycles. The monoisotopic (exact) mass is 404 g/mol. The number of halogens is 1. The molecule has 0 bridgehead atoms. The zero-order valence-corrected chi connectivity index (χ0v) is 15.3. The van der Waals surface area contributed by atoms with E-state index in [1.54, 1.807) is 24.3 Å². The highest BCUT2D eigenvalue weighted by molar-refractivity contribution is 9.10. The average molecular weight is 405 g/mol. The van der Waals surface area contributed by atoms with Gasteiger partial charge in [-0.1, -0.05) is 33.6 Å². The van der Waals surface area contributed by atoms with E-state index >= 15 is 0 Å². The second-order valence-electron chi connectivity index (χ2n) is 5.41. The maximum Gasteiger partial charge on any atom is 0.325 e. The molecule has 3 amide bonds. The number of urea groups is 1. The van der Waals surface area contributed by atoms with Crippen LogP contribution in [0.25, 0.3) is 0 Å². The van der Waals surface area contributed by atoms with Gasteiger partial charge in [0.15, 0.2) is 12.9 Å². The largest absolute Gasteiger partial charge is 0.483 e. The van der Waals surface area contributed by atoms with Gasteiger partial charge in [-0.2, -0.15) is 0 Å². The quantitative estimate of drug-likeness (QED) is 0.745. The lowest BCUT2D eigenvalue weighted by atomic mass is 10.1. The Balaban J connectivity index is 1.89. The van der Waals surface area contributed by atoms with Gasteiger partial charge in [-0.15, -0.1) is 0 Å². The summed E-state index contributed by atoms with van der Waals surface area (Å²) < 4.78 is 6.01. The second kappa shape index (κ2) is 8.43. The number of imide groups is 1. The summed E-state index contributed by atoms with van der Waals surface area (Å²) in [6.07, 6.45) is 0.630. The summed E-state index contributed by atoms with van der Waals surface area (Å²) in [5.74, 6) is -0.356. The molecular formula is C18H17BrN2O4. The first-order valence-electron chi connectivity index (χ1n) is 7.44. The number of carbonyl (C=O) groups is 3. The third-order valence-electron chi connectivity index (χ3n) is 3.34. The van der Waals surface area contributed by atoms with E-state index in [0.29, 0.717) is 17.5 Å². The molecule has 0 spiro atoms. The molecule has 2 rings (SSSR count). The lowest BCUT2D eigenvalue weighted by molar-refractivity contribution is -0.121. The zero-order chi connectivity index (χ0) is 18.4. The van der Waals surface area contributed by atoms with Crippen molar-refractivity contribution in [3.8, 4) is 5.75 Å². The molecule has 0 aliphatic rings. The minimum Gasteiger partial charge on any atom is -0.483 e. The summed E-state index contributed by atoms with van der Waals surface area (Å²) in [5, 5.41) is 4.79. The van der Waals surface area contributed by atoms with Crippen LogP contribution < -0.4 is 15.4 Å². The van der Waals surface area contributed by atoms with Crippen LogP contribution in [0.15, 0.2) is 40.9 Å². The summed E-state index contributed by atoms with van der Waals surface area (Å²) in [6, 6.07) is 9.74. The molecule has 0 radical (unpaired) electrons. The van der Waals surface area contributed by atoms with Crippen molar-refractivity contribution in [2.45, 2.75) is 13.8 Å². The Bertz CT molecular complexity index is 821. The SMILES string of the molecule is Cc1ccc(NC(=O)NC(=O)COc2ccc(Br)cc2C=O)c(C)c1. The highest BCUT2D eigenvalue weighted by atomic mass is 79.9.